The van der Waals surface area contributed by atoms with Crippen molar-refractivity contribution in [2.45, 2.75) is 20.0 Å². The summed E-state index contributed by atoms with van der Waals surface area (Å²) in [5.74, 6) is -0.0313. The first-order valence-corrected chi connectivity index (χ1v) is 6.55. The number of aryl methyl sites for hydroxylation is 2. The maximum Gasteiger partial charge on any atom is 0.233 e. The molecule has 5 nitrogen and oxygen atoms in total. The number of para-hydroxylation sites is 1. The lowest BCUT2D eigenvalue weighted by Gasteiger charge is -2.13. The van der Waals surface area contributed by atoms with Crippen LogP contribution in [0.5, 0.6) is 11.6 Å². The third kappa shape index (κ3) is 4.39. The van der Waals surface area contributed by atoms with Crippen LogP contribution in [0.4, 0.5) is 4.39 Å². The zero-order chi connectivity index (χ0) is 15.2. The van der Waals surface area contributed by atoms with E-state index in [9.17, 15) is 9.50 Å². The lowest BCUT2D eigenvalue weighted by atomic mass is 10.2. The molecule has 0 radical (unpaired) electrons. The second-order valence-electron chi connectivity index (χ2n) is 4.66. The number of aromatic nitrogens is 2. The van der Waals surface area contributed by atoms with E-state index in [-0.39, 0.29) is 19.0 Å². The van der Waals surface area contributed by atoms with Crippen LogP contribution in [0, 0.1) is 19.7 Å². The van der Waals surface area contributed by atoms with Gasteiger partial charge in [0.25, 0.3) is 0 Å². The first kappa shape index (κ1) is 15.2. The topological polar surface area (TPSA) is 64.5 Å². The van der Waals surface area contributed by atoms with Crippen molar-refractivity contribution in [2.75, 3.05) is 13.2 Å². The first-order chi connectivity index (χ1) is 10.1. The predicted molar refractivity (Wildman–Crippen MR) is 74.9 cm³/mol. The number of aliphatic hydroxyl groups excluding tert-OH is 1. The maximum atomic E-state index is 13.3. The molecule has 0 saturated carbocycles. The molecule has 0 bridgehead atoms. The Balaban J connectivity index is 1.81. The summed E-state index contributed by atoms with van der Waals surface area (Å²) in [6.45, 7) is 3.67. The Morgan fingerprint density at radius 1 is 1.14 bits per heavy atom. The van der Waals surface area contributed by atoms with Crippen molar-refractivity contribution in [1.82, 2.24) is 10.2 Å². The van der Waals surface area contributed by atoms with Crippen LogP contribution in [0.2, 0.25) is 0 Å². The number of nitrogens with zero attached hydrogens (tertiary/aromatic N) is 2. The van der Waals surface area contributed by atoms with Crippen molar-refractivity contribution in [1.29, 1.82) is 0 Å². The van der Waals surface area contributed by atoms with Crippen molar-refractivity contribution in [2.24, 2.45) is 0 Å². The summed E-state index contributed by atoms with van der Waals surface area (Å²) in [5.41, 5.74) is 1.78. The molecule has 0 spiro atoms. The van der Waals surface area contributed by atoms with Gasteiger partial charge in [0.15, 0.2) is 11.6 Å². The SMILES string of the molecule is Cc1cc(OC[C@@H](O)COc2ccccc2F)nnc1C. The number of hydrogen-bond acceptors (Lipinski definition) is 5. The van der Waals surface area contributed by atoms with Crippen LogP contribution in [-0.2, 0) is 0 Å². The van der Waals surface area contributed by atoms with Crippen molar-refractivity contribution >= 4 is 0 Å². The highest BCUT2D eigenvalue weighted by atomic mass is 19.1. The number of ether oxygens (including phenoxy) is 2. The number of hydrogen-bond donors (Lipinski definition) is 1. The number of rotatable bonds is 6. The molecule has 0 aliphatic rings. The summed E-state index contributed by atoms with van der Waals surface area (Å²) >= 11 is 0. The lowest BCUT2D eigenvalue weighted by Crippen LogP contribution is -2.25. The highest BCUT2D eigenvalue weighted by Gasteiger charge is 2.10. The minimum absolute atomic E-state index is 0.00830. The summed E-state index contributed by atoms with van der Waals surface area (Å²) < 4.78 is 23.8. The molecule has 0 aliphatic carbocycles. The zero-order valence-electron chi connectivity index (χ0n) is 11.9. The highest BCUT2D eigenvalue weighted by molar-refractivity contribution is 5.23. The summed E-state index contributed by atoms with van der Waals surface area (Å²) in [4.78, 5) is 0. The molecule has 2 rings (SSSR count). The largest absolute Gasteiger partial charge is 0.488 e. The Labute approximate surface area is 122 Å². The van der Waals surface area contributed by atoms with Gasteiger partial charge < -0.3 is 14.6 Å². The monoisotopic (exact) mass is 292 g/mol. The summed E-state index contributed by atoms with van der Waals surface area (Å²) in [6, 6.07) is 7.76. The zero-order valence-corrected chi connectivity index (χ0v) is 11.9. The van der Waals surface area contributed by atoms with Gasteiger partial charge in [0.1, 0.15) is 19.3 Å². The minimum Gasteiger partial charge on any atom is -0.488 e. The van der Waals surface area contributed by atoms with Crippen molar-refractivity contribution in [3.63, 3.8) is 0 Å². The molecule has 112 valence electrons. The fourth-order valence-electron chi connectivity index (χ4n) is 1.57. The van der Waals surface area contributed by atoms with Crippen molar-refractivity contribution in [3.05, 3.63) is 47.4 Å². The Morgan fingerprint density at radius 2 is 1.86 bits per heavy atom. The van der Waals surface area contributed by atoms with E-state index in [2.05, 4.69) is 10.2 Å². The molecule has 0 amide bonds. The molecule has 21 heavy (non-hydrogen) atoms. The molecule has 0 saturated heterocycles. The van der Waals surface area contributed by atoms with Crippen LogP contribution in [-0.4, -0.2) is 34.6 Å². The second kappa shape index (κ2) is 6.99. The lowest BCUT2D eigenvalue weighted by molar-refractivity contribution is 0.0592. The predicted octanol–water partition coefficient (Wildman–Crippen LogP) is 2.05. The Bertz CT molecular complexity index is 607. The standard InChI is InChI=1S/C15H17FN2O3/c1-10-7-15(18-17-11(10)2)21-9-12(19)8-20-14-6-4-3-5-13(14)16/h3-7,12,19H,8-9H2,1-2H3/t12-/m0/s1. The molecule has 1 aromatic heterocycles. The fraction of sp³-hybridized carbons (Fsp3) is 0.333. The Hall–Kier alpha value is -2.21. The molecule has 1 atom stereocenters. The Morgan fingerprint density at radius 3 is 2.57 bits per heavy atom. The third-order valence-corrected chi connectivity index (χ3v) is 2.90. The number of benzene rings is 1. The highest BCUT2D eigenvalue weighted by Crippen LogP contribution is 2.15. The third-order valence-electron chi connectivity index (χ3n) is 2.90. The van der Waals surface area contributed by atoms with Gasteiger partial charge in [0.2, 0.25) is 5.88 Å². The smallest absolute Gasteiger partial charge is 0.233 e. The van der Waals surface area contributed by atoms with Crippen molar-refractivity contribution in [3.8, 4) is 11.6 Å². The maximum absolute atomic E-state index is 13.3. The van der Waals surface area contributed by atoms with E-state index >= 15 is 0 Å². The normalized spacial score (nSPS) is 12.0. The van der Waals surface area contributed by atoms with E-state index < -0.39 is 11.9 Å². The number of aliphatic hydroxyl groups is 1. The molecule has 1 aromatic carbocycles. The summed E-state index contributed by atoms with van der Waals surface area (Å²) in [5, 5.41) is 17.5. The minimum atomic E-state index is -0.895. The van der Waals surface area contributed by atoms with E-state index in [1.807, 2.05) is 13.8 Å². The molecule has 2 aromatic rings. The molecule has 0 aliphatic heterocycles. The van der Waals surface area contributed by atoms with Crippen molar-refractivity contribution < 1.29 is 19.0 Å². The van der Waals surface area contributed by atoms with Gasteiger partial charge in [-0.25, -0.2) is 4.39 Å². The van der Waals surface area contributed by atoms with Crippen LogP contribution >= 0.6 is 0 Å². The fourth-order valence-corrected chi connectivity index (χ4v) is 1.57. The van der Waals surface area contributed by atoms with E-state index in [1.54, 1.807) is 18.2 Å². The van der Waals surface area contributed by atoms with Gasteiger partial charge in [-0.3, -0.25) is 0 Å². The van der Waals surface area contributed by atoms with E-state index in [0.717, 1.165) is 11.3 Å². The van der Waals surface area contributed by atoms with Crippen LogP contribution in [0.15, 0.2) is 30.3 Å². The van der Waals surface area contributed by atoms with Gasteiger partial charge in [-0.15, -0.1) is 5.10 Å². The van der Waals surface area contributed by atoms with Crippen LogP contribution < -0.4 is 9.47 Å². The van der Waals surface area contributed by atoms with Gasteiger partial charge in [-0.1, -0.05) is 12.1 Å². The van der Waals surface area contributed by atoms with Crippen LogP contribution in [0.25, 0.3) is 0 Å². The van der Waals surface area contributed by atoms with Gasteiger partial charge >= 0.3 is 0 Å². The molecule has 1 N–H and O–H groups in total. The van der Waals surface area contributed by atoms with Crippen LogP contribution in [0.3, 0.4) is 0 Å². The van der Waals surface area contributed by atoms with E-state index in [4.69, 9.17) is 9.47 Å². The molecule has 0 fully saturated rings. The first-order valence-electron chi connectivity index (χ1n) is 6.55. The average molecular weight is 292 g/mol. The van der Waals surface area contributed by atoms with Gasteiger partial charge in [-0.2, -0.15) is 5.10 Å². The quantitative estimate of drug-likeness (QED) is 0.882. The van der Waals surface area contributed by atoms with E-state index in [1.165, 1.54) is 12.1 Å². The Kier molecular flexibility index (Phi) is 5.05. The summed E-state index contributed by atoms with van der Waals surface area (Å²) in [6.07, 6.45) is -0.895. The molecular formula is C15H17FN2O3. The molecule has 6 heteroatoms. The second-order valence-corrected chi connectivity index (χ2v) is 4.66. The van der Waals surface area contributed by atoms with Gasteiger partial charge in [-0.05, 0) is 31.5 Å². The number of halogens is 1. The van der Waals surface area contributed by atoms with Gasteiger partial charge in [0, 0.05) is 6.07 Å². The van der Waals surface area contributed by atoms with Gasteiger partial charge in [0.05, 0.1) is 5.69 Å². The van der Waals surface area contributed by atoms with E-state index in [0.29, 0.717) is 5.88 Å². The summed E-state index contributed by atoms with van der Waals surface area (Å²) in [7, 11) is 0. The molecule has 0 unspecified atom stereocenters. The van der Waals surface area contributed by atoms with Crippen LogP contribution in [0.1, 0.15) is 11.3 Å². The average Bonchev–Trinajstić information content (AvgIpc) is 2.47. The molecule has 1 heterocycles. The molecular weight excluding hydrogens is 275 g/mol.